The van der Waals surface area contributed by atoms with E-state index in [1.54, 1.807) is 0 Å². The van der Waals surface area contributed by atoms with Crippen LogP contribution in [0, 0.1) is 0 Å². The van der Waals surface area contributed by atoms with Crippen LogP contribution >= 0.6 is 0 Å². The molecular formula is C14H24N2. The van der Waals surface area contributed by atoms with Crippen LogP contribution in [-0.4, -0.2) is 13.1 Å². The van der Waals surface area contributed by atoms with Crippen molar-refractivity contribution in [3.05, 3.63) is 35.4 Å². The van der Waals surface area contributed by atoms with Crippen molar-refractivity contribution in [2.24, 2.45) is 5.73 Å². The summed E-state index contributed by atoms with van der Waals surface area (Å²) in [5.74, 6) is 0.593. The first-order valence-electron chi connectivity index (χ1n) is 6.07. The van der Waals surface area contributed by atoms with Crippen molar-refractivity contribution in [3.8, 4) is 0 Å². The van der Waals surface area contributed by atoms with Gasteiger partial charge in [0.1, 0.15) is 0 Å². The number of hydrogen-bond acceptors (Lipinski definition) is 2. The molecule has 0 saturated carbocycles. The summed E-state index contributed by atoms with van der Waals surface area (Å²) >= 11 is 0. The normalized spacial score (nSPS) is 15.1. The van der Waals surface area contributed by atoms with Crippen LogP contribution in [-0.2, 0) is 0 Å². The molecule has 0 fully saturated rings. The van der Waals surface area contributed by atoms with E-state index in [1.807, 2.05) is 14.0 Å². The first-order valence-corrected chi connectivity index (χ1v) is 6.07. The molecule has 0 radical (unpaired) electrons. The van der Waals surface area contributed by atoms with Gasteiger partial charge < -0.3 is 11.1 Å². The highest BCUT2D eigenvalue weighted by molar-refractivity contribution is 5.26. The van der Waals surface area contributed by atoms with Crippen LogP contribution in [0.2, 0.25) is 0 Å². The molecule has 0 aliphatic heterocycles. The fraction of sp³-hybridized carbons (Fsp3) is 0.571. The van der Waals surface area contributed by atoms with Gasteiger partial charge in [-0.3, -0.25) is 0 Å². The van der Waals surface area contributed by atoms with E-state index in [-0.39, 0.29) is 6.04 Å². The zero-order chi connectivity index (χ0) is 12.1. The molecule has 2 unspecified atom stereocenters. The van der Waals surface area contributed by atoms with Crippen LogP contribution in [0.5, 0.6) is 0 Å². The lowest BCUT2D eigenvalue weighted by Crippen LogP contribution is -2.25. The van der Waals surface area contributed by atoms with E-state index in [2.05, 4.69) is 43.4 Å². The molecule has 16 heavy (non-hydrogen) atoms. The molecule has 90 valence electrons. The molecule has 1 aromatic carbocycles. The second kappa shape index (κ2) is 6.02. The summed E-state index contributed by atoms with van der Waals surface area (Å²) in [4.78, 5) is 0. The molecular weight excluding hydrogens is 196 g/mol. The van der Waals surface area contributed by atoms with E-state index in [4.69, 9.17) is 5.73 Å². The largest absolute Gasteiger partial charge is 0.328 e. The van der Waals surface area contributed by atoms with Crippen LogP contribution in [0.4, 0.5) is 0 Å². The van der Waals surface area contributed by atoms with Crippen molar-refractivity contribution in [2.45, 2.75) is 45.2 Å². The minimum absolute atomic E-state index is 0.224. The Bertz CT molecular complexity index is 301. The summed E-state index contributed by atoms with van der Waals surface area (Å²) in [6.07, 6.45) is 0.970. The fourth-order valence-electron chi connectivity index (χ4n) is 1.91. The fourth-order valence-corrected chi connectivity index (χ4v) is 1.91. The van der Waals surface area contributed by atoms with Gasteiger partial charge in [-0.05, 0) is 37.4 Å². The van der Waals surface area contributed by atoms with Crippen molar-refractivity contribution in [2.75, 3.05) is 7.05 Å². The molecule has 1 rings (SSSR count). The van der Waals surface area contributed by atoms with Crippen LogP contribution in [0.1, 0.15) is 50.3 Å². The average molecular weight is 220 g/mol. The molecule has 2 atom stereocenters. The van der Waals surface area contributed by atoms with Gasteiger partial charge in [0, 0.05) is 12.1 Å². The lowest BCUT2D eigenvalue weighted by atomic mass is 9.96. The summed E-state index contributed by atoms with van der Waals surface area (Å²) in [6, 6.07) is 9.43. The van der Waals surface area contributed by atoms with Crippen LogP contribution in [0.25, 0.3) is 0 Å². The monoisotopic (exact) mass is 220 g/mol. The van der Waals surface area contributed by atoms with Crippen molar-refractivity contribution in [3.63, 3.8) is 0 Å². The molecule has 1 aromatic rings. The Morgan fingerprint density at radius 1 is 1.06 bits per heavy atom. The van der Waals surface area contributed by atoms with Crippen LogP contribution in [0.3, 0.4) is 0 Å². The summed E-state index contributed by atoms with van der Waals surface area (Å²) in [5.41, 5.74) is 8.56. The van der Waals surface area contributed by atoms with E-state index in [1.165, 1.54) is 11.1 Å². The lowest BCUT2D eigenvalue weighted by Gasteiger charge is -2.19. The second-order valence-electron chi connectivity index (χ2n) is 4.88. The maximum atomic E-state index is 5.84. The molecule has 0 amide bonds. The third-order valence-corrected chi connectivity index (χ3v) is 2.96. The Hall–Kier alpha value is -0.860. The van der Waals surface area contributed by atoms with Crippen LogP contribution in [0.15, 0.2) is 24.3 Å². The second-order valence-corrected chi connectivity index (χ2v) is 4.88. The van der Waals surface area contributed by atoms with Crippen LogP contribution < -0.4 is 11.1 Å². The zero-order valence-corrected chi connectivity index (χ0v) is 10.8. The topological polar surface area (TPSA) is 38.0 Å². The third kappa shape index (κ3) is 3.62. The molecule has 2 heteroatoms. The molecule has 0 saturated heterocycles. The Morgan fingerprint density at radius 3 is 1.94 bits per heavy atom. The van der Waals surface area contributed by atoms with E-state index >= 15 is 0 Å². The highest BCUT2D eigenvalue weighted by atomic mass is 14.9. The van der Waals surface area contributed by atoms with Crippen molar-refractivity contribution >= 4 is 0 Å². The smallest absolute Gasteiger partial charge is 0.0332 e. The summed E-state index contributed by atoms with van der Waals surface area (Å²) in [6.45, 7) is 6.48. The van der Waals surface area contributed by atoms with E-state index < -0.39 is 0 Å². The molecule has 3 N–H and O–H groups in total. The Kier molecular flexibility index (Phi) is 4.97. The van der Waals surface area contributed by atoms with E-state index in [9.17, 15) is 0 Å². The van der Waals surface area contributed by atoms with Crippen molar-refractivity contribution < 1.29 is 0 Å². The predicted molar refractivity (Wildman–Crippen MR) is 70.6 cm³/mol. The lowest BCUT2D eigenvalue weighted by molar-refractivity contribution is 0.499. The molecule has 0 aliphatic rings. The number of nitrogens with two attached hydrogens (primary N) is 1. The van der Waals surface area contributed by atoms with Gasteiger partial charge in [0.05, 0.1) is 0 Å². The van der Waals surface area contributed by atoms with Gasteiger partial charge in [0.2, 0.25) is 0 Å². The van der Waals surface area contributed by atoms with Gasteiger partial charge >= 0.3 is 0 Å². The number of hydrogen-bond donors (Lipinski definition) is 2. The third-order valence-electron chi connectivity index (χ3n) is 2.96. The molecule has 2 nitrogen and oxygen atoms in total. The molecule has 0 heterocycles. The summed E-state index contributed by atoms with van der Waals surface area (Å²) < 4.78 is 0. The van der Waals surface area contributed by atoms with Crippen molar-refractivity contribution in [1.29, 1.82) is 0 Å². The van der Waals surface area contributed by atoms with Gasteiger partial charge in [-0.15, -0.1) is 0 Å². The average Bonchev–Trinajstić information content (AvgIpc) is 2.25. The zero-order valence-electron chi connectivity index (χ0n) is 10.8. The number of benzene rings is 1. The van der Waals surface area contributed by atoms with Gasteiger partial charge in [-0.25, -0.2) is 0 Å². The minimum atomic E-state index is 0.224. The Balaban J connectivity index is 2.78. The first kappa shape index (κ1) is 13.2. The van der Waals surface area contributed by atoms with Gasteiger partial charge in [-0.1, -0.05) is 38.1 Å². The number of nitrogens with one attached hydrogen (secondary N) is 1. The highest BCUT2D eigenvalue weighted by Gasteiger charge is 2.11. The van der Waals surface area contributed by atoms with Gasteiger partial charge in [0.15, 0.2) is 0 Å². The number of rotatable bonds is 5. The predicted octanol–water partition coefficient (Wildman–Crippen LogP) is 2.81. The molecule has 0 aromatic heterocycles. The molecule has 0 aliphatic carbocycles. The minimum Gasteiger partial charge on any atom is -0.328 e. The van der Waals surface area contributed by atoms with Crippen molar-refractivity contribution in [1.82, 2.24) is 5.32 Å². The van der Waals surface area contributed by atoms with Gasteiger partial charge in [-0.2, -0.15) is 0 Å². The summed E-state index contributed by atoms with van der Waals surface area (Å²) in [7, 11) is 1.99. The maximum absolute atomic E-state index is 5.84. The molecule has 0 spiro atoms. The Labute approximate surface area is 99.2 Å². The maximum Gasteiger partial charge on any atom is 0.0332 e. The SMILES string of the molecule is CNC(CC(C)N)c1ccc(C(C)C)cc1. The summed E-state index contributed by atoms with van der Waals surface area (Å²) in [5, 5.41) is 3.32. The quantitative estimate of drug-likeness (QED) is 0.801. The van der Waals surface area contributed by atoms with Gasteiger partial charge in [0.25, 0.3) is 0 Å². The first-order chi connectivity index (χ1) is 7.54. The highest BCUT2D eigenvalue weighted by Crippen LogP contribution is 2.21. The molecule has 0 bridgehead atoms. The van der Waals surface area contributed by atoms with E-state index in [0.29, 0.717) is 12.0 Å². The Morgan fingerprint density at radius 2 is 1.56 bits per heavy atom. The standard InChI is InChI=1S/C14H24N2/c1-10(2)12-5-7-13(8-6-12)14(16-4)9-11(3)15/h5-8,10-11,14,16H,9,15H2,1-4H3. The van der Waals surface area contributed by atoms with E-state index in [0.717, 1.165) is 6.42 Å².